The largest absolute Gasteiger partial charge is 0.377 e. The number of hydrogen-bond donors (Lipinski definition) is 2. The Kier molecular flexibility index (Phi) is 5.77. The Morgan fingerprint density at radius 2 is 0.812 bits per heavy atom. The summed E-state index contributed by atoms with van der Waals surface area (Å²) in [6.07, 6.45) is 0. The van der Waals surface area contributed by atoms with Crippen molar-refractivity contribution in [2.75, 3.05) is 0 Å². The van der Waals surface area contributed by atoms with Crippen LogP contribution in [-0.2, 0) is 11.2 Å². The summed E-state index contributed by atoms with van der Waals surface area (Å²) in [6.45, 7) is 7.98. The molecule has 0 radical (unpaired) electrons. The summed E-state index contributed by atoms with van der Waals surface area (Å²) in [5.74, 6) is 0. The van der Waals surface area contributed by atoms with Crippen LogP contribution in [-0.4, -0.2) is 10.2 Å². The Hall–Kier alpha value is -3.20. The predicted molar refractivity (Wildman–Crippen MR) is 131 cm³/mol. The topological polar surface area (TPSA) is 40.5 Å². The number of rotatable bonds is 5. The minimum atomic E-state index is -1.73. The molecule has 0 amide bonds. The van der Waals surface area contributed by atoms with Crippen LogP contribution in [0.4, 0.5) is 0 Å². The van der Waals surface area contributed by atoms with Crippen LogP contribution in [0.15, 0.2) is 97.1 Å². The van der Waals surface area contributed by atoms with E-state index < -0.39 is 11.2 Å². The maximum Gasteiger partial charge on any atom is 0.152 e. The Morgan fingerprint density at radius 1 is 0.469 bits per heavy atom. The first-order chi connectivity index (χ1) is 15.3. The van der Waals surface area contributed by atoms with E-state index in [9.17, 15) is 10.2 Å². The van der Waals surface area contributed by atoms with Gasteiger partial charge in [-0.3, -0.25) is 0 Å². The lowest BCUT2D eigenvalue weighted by Gasteiger charge is -2.46. The van der Waals surface area contributed by atoms with Crippen LogP contribution in [0, 0.1) is 27.7 Å². The highest BCUT2D eigenvalue weighted by Gasteiger charge is 2.55. The van der Waals surface area contributed by atoms with Crippen LogP contribution in [0.3, 0.4) is 0 Å². The second kappa shape index (κ2) is 8.38. The van der Waals surface area contributed by atoms with Gasteiger partial charge in [0.1, 0.15) is 0 Å². The van der Waals surface area contributed by atoms with Gasteiger partial charge in [0.2, 0.25) is 0 Å². The Morgan fingerprint density at radius 3 is 1.16 bits per heavy atom. The SMILES string of the molecule is Cc1ccc(C)c(C(O)(c2ccccc2)C(O)(c2ccccc2)c2cc(C)ccc2C)c1. The molecule has 0 aliphatic rings. The van der Waals surface area contributed by atoms with Gasteiger partial charge in [-0.25, -0.2) is 0 Å². The minimum Gasteiger partial charge on any atom is -0.377 e. The van der Waals surface area contributed by atoms with Crippen molar-refractivity contribution in [3.63, 3.8) is 0 Å². The standard InChI is InChI=1S/C30H30O2/c1-21-15-17-23(3)27(19-21)29(31,25-11-7-5-8-12-25)30(32,26-13-9-6-10-14-26)28-20-22(2)16-18-24(28)4/h5-20,31-32H,1-4H3. The fourth-order valence-electron chi connectivity index (χ4n) is 4.73. The van der Waals surface area contributed by atoms with Crippen LogP contribution in [0.1, 0.15) is 44.5 Å². The van der Waals surface area contributed by atoms with Crippen LogP contribution in [0.25, 0.3) is 0 Å². The van der Waals surface area contributed by atoms with Crippen molar-refractivity contribution in [1.29, 1.82) is 0 Å². The van der Waals surface area contributed by atoms with Gasteiger partial charge in [-0.1, -0.05) is 108 Å². The lowest BCUT2D eigenvalue weighted by atomic mass is 9.64. The molecule has 0 heterocycles. The molecular weight excluding hydrogens is 392 g/mol. The van der Waals surface area contributed by atoms with E-state index in [1.165, 1.54) is 0 Å². The van der Waals surface area contributed by atoms with Crippen molar-refractivity contribution in [2.45, 2.75) is 38.9 Å². The van der Waals surface area contributed by atoms with E-state index in [1.54, 1.807) is 0 Å². The smallest absolute Gasteiger partial charge is 0.152 e. The second-order valence-corrected chi connectivity index (χ2v) is 8.79. The van der Waals surface area contributed by atoms with E-state index in [0.29, 0.717) is 22.3 Å². The van der Waals surface area contributed by atoms with Gasteiger partial charge in [-0.15, -0.1) is 0 Å². The molecule has 2 N–H and O–H groups in total. The fourth-order valence-corrected chi connectivity index (χ4v) is 4.73. The van der Waals surface area contributed by atoms with Crippen molar-refractivity contribution >= 4 is 0 Å². The summed E-state index contributed by atoms with van der Waals surface area (Å²) in [5.41, 5.74) is 3.08. The van der Waals surface area contributed by atoms with Gasteiger partial charge in [-0.2, -0.15) is 0 Å². The van der Waals surface area contributed by atoms with Gasteiger partial charge in [0.25, 0.3) is 0 Å². The number of aryl methyl sites for hydroxylation is 4. The molecule has 0 bridgehead atoms. The van der Waals surface area contributed by atoms with E-state index >= 15 is 0 Å². The first-order valence-electron chi connectivity index (χ1n) is 11.0. The van der Waals surface area contributed by atoms with Crippen molar-refractivity contribution in [3.05, 3.63) is 142 Å². The molecule has 4 aromatic carbocycles. The van der Waals surface area contributed by atoms with Gasteiger partial charge in [0, 0.05) is 0 Å². The Bertz CT molecular complexity index is 1130. The van der Waals surface area contributed by atoms with Crippen LogP contribution in [0.2, 0.25) is 0 Å². The molecular formula is C30H30O2. The van der Waals surface area contributed by atoms with E-state index in [4.69, 9.17) is 0 Å². The van der Waals surface area contributed by atoms with Gasteiger partial charge < -0.3 is 10.2 Å². The molecule has 2 nitrogen and oxygen atoms in total. The average molecular weight is 423 g/mol. The Labute approximate surface area is 190 Å². The zero-order valence-corrected chi connectivity index (χ0v) is 19.1. The zero-order valence-electron chi connectivity index (χ0n) is 19.1. The molecule has 0 aliphatic carbocycles. The molecule has 2 unspecified atom stereocenters. The molecule has 4 aromatic rings. The molecule has 162 valence electrons. The van der Waals surface area contributed by atoms with Gasteiger partial charge in [-0.05, 0) is 61.1 Å². The molecule has 0 fully saturated rings. The van der Waals surface area contributed by atoms with Gasteiger partial charge >= 0.3 is 0 Å². The molecule has 0 spiro atoms. The van der Waals surface area contributed by atoms with Crippen LogP contribution >= 0.6 is 0 Å². The summed E-state index contributed by atoms with van der Waals surface area (Å²) in [5, 5.41) is 25.7. The van der Waals surface area contributed by atoms with Crippen LogP contribution < -0.4 is 0 Å². The third kappa shape index (κ3) is 3.46. The lowest BCUT2D eigenvalue weighted by molar-refractivity contribution is -0.113. The molecule has 2 atom stereocenters. The first kappa shape index (κ1) is 22.0. The first-order valence-corrected chi connectivity index (χ1v) is 11.0. The molecule has 0 saturated heterocycles. The number of aliphatic hydroxyl groups is 2. The summed E-state index contributed by atoms with van der Waals surface area (Å²) in [7, 11) is 0. The van der Waals surface area contributed by atoms with Crippen molar-refractivity contribution < 1.29 is 10.2 Å². The van der Waals surface area contributed by atoms with Gasteiger partial charge in [0.05, 0.1) is 0 Å². The second-order valence-electron chi connectivity index (χ2n) is 8.79. The molecule has 0 aromatic heterocycles. The zero-order chi connectivity index (χ0) is 22.9. The van der Waals surface area contributed by atoms with Crippen molar-refractivity contribution in [3.8, 4) is 0 Å². The summed E-state index contributed by atoms with van der Waals surface area (Å²) >= 11 is 0. The predicted octanol–water partition coefficient (Wildman–Crippen LogP) is 6.09. The average Bonchev–Trinajstić information content (AvgIpc) is 2.82. The molecule has 32 heavy (non-hydrogen) atoms. The highest BCUT2D eigenvalue weighted by atomic mass is 16.4. The van der Waals surface area contributed by atoms with E-state index in [1.807, 2.05) is 125 Å². The maximum atomic E-state index is 12.9. The highest BCUT2D eigenvalue weighted by Crippen LogP contribution is 2.51. The summed E-state index contributed by atoms with van der Waals surface area (Å²) in [6, 6.07) is 31.1. The van der Waals surface area contributed by atoms with Crippen molar-refractivity contribution in [1.82, 2.24) is 0 Å². The quantitative estimate of drug-likeness (QED) is 0.408. The number of benzene rings is 4. The number of hydrogen-bond acceptors (Lipinski definition) is 2. The monoisotopic (exact) mass is 422 g/mol. The normalized spacial score (nSPS) is 15.1. The third-order valence-electron chi connectivity index (χ3n) is 6.47. The Balaban J connectivity index is 2.19. The van der Waals surface area contributed by atoms with E-state index in [0.717, 1.165) is 22.3 Å². The van der Waals surface area contributed by atoms with E-state index in [-0.39, 0.29) is 0 Å². The molecule has 4 rings (SSSR count). The maximum absolute atomic E-state index is 12.9. The van der Waals surface area contributed by atoms with Crippen molar-refractivity contribution in [2.24, 2.45) is 0 Å². The van der Waals surface area contributed by atoms with Crippen LogP contribution in [0.5, 0.6) is 0 Å². The summed E-state index contributed by atoms with van der Waals surface area (Å²) in [4.78, 5) is 0. The summed E-state index contributed by atoms with van der Waals surface area (Å²) < 4.78 is 0. The lowest BCUT2D eigenvalue weighted by Crippen LogP contribution is -2.52. The molecule has 2 heteroatoms. The fraction of sp³-hybridized carbons (Fsp3) is 0.200. The molecule has 0 saturated carbocycles. The minimum absolute atomic E-state index is 0.640. The molecule has 0 aliphatic heterocycles. The van der Waals surface area contributed by atoms with E-state index in [2.05, 4.69) is 0 Å². The van der Waals surface area contributed by atoms with Gasteiger partial charge in [0.15, 0.2) is 11.2 Å². The highest BCUT2D eigenvalue weighted by molar-refractivity contribution is 5.55. The third-order valence-corrected chi connectivity index (χ3v) is 6.47.